The van der Waals surface area contributed by atoms with Gasteiger partial charge in [-0.1, -0.05) is 42.5 Å². The summed E-state index contributed by atoms with van der Waals surface area (Å²) in [6, 6.07) is 31.5. The second kappa shape index (κ2) is 12.0. The van der Waals surface area contributed by atoms with Gasteiger partial charge < -0.3 is 10.6 Å². The van der Waals surface area contributed by atoms with Crippen LogP contribution in [0.2, 0.25) is 0 Å². The Hall–Kier alpha value is -5.92. The average Bonchev–Trinajstić information content (AvgIpc) is 3.48. The number of rotatable bonds is 6. The number of amides is 1. The SMILES string of the molecule is N#Cc1ccc(C(=O)N2CCN(Cc3ccc(-n4c(-c5cccnc5N)nc5ccc(-c6ccccc6)nc54)cc3)CC2)nc1. The highest BCUT2D eigenvalue weighted by atomic mass is 16.2. The molecule has 2 N–H and O–H groups in total. The highest BCUT2D eigenvalue weighted by Crippen LogP contribution is 2.32. The number of carbonyl (C=O) groups is 1. The topological polar surface area (TPSA) is 130 Å². The fourth-order valence-corrected chi connectivity index (χ4v) is 5.63. The number of anilines is 1. The van der Waals surface area contributed by atoms with Crippen LogP contribution in [0, 0.1) is 11.3 Å². The van der Waals surface area contributed by atoms with Gasteiger partial charge in [-0.2, -0.15) is 5.26 Å². The van der Waals surface area contributed by atoms with Crippen molar-refractivity contribution < 1.29 is 4.79 Å². The quantitative estimate of drug-likeness (QED) is 0.288. The first-order valence-electron chi connectivity index (χ1n) is 14.7. The van der Waals surface area contributed by atoms with E-state index in [9.17, 15) is 4.79 Å². The number of nitrogens with zero attached hydrogens (tertiary/aromatic N) is 8. The third kappa shape index (κ3) is 5.60. The molecule has 1 amide bonds. The van der Waals surface area contributed by atoms with Crippen molar-refractivity contribution >= 4 is 22.9 Å². The van der Waals surface area contributed by atoms with E-state index in [1.165, 1.54) is 6.20 Å². The maximum Gasteiger partial charge on any atom is 0.272 e. The number of carbonyl (C=O) groups excluding carboxylic acids is 1. The summed E-state index contributed by atoms with van der Waals surface area (Å²) in [5.74, 6) is 0.977. The summed E-state index contributed by atoms with van der Waals surface area (Å²) in [4.78, 5) is 35.5. The molecule has 220 valence electrons. The first-order valence-corrected chi connectivity index (χ1v) is 14.7. The molecule has 2 aromatic carbocycles. The van der Waals surface area contributed by atoms with Crippen LogP contribution in [0.3, 0.4) is 0 Å². The third-order valence-electron chi connectivity index (χ3n) is 8.03. The lowest BCUT2D eigenvalue weighted by Crippen LogP contribution is -2.48. The molecule has 10 heteroatoms. The van der Waals surface area contributed by atoms with Crippen molar-refractivity contribution in [3.05, 3.63) is 120 Å². The number of imidazole rings is 1. The van der Waals surface area contributed by atoms with Crippen molar-refractivity contribution in [1.82, 2.24) is 34.3 Å². The molecular weight excluding hydrogens is 562 g/mol. The average molecular weight is 592 g/mol. The molecule has 0 saturated carbocycles. The zero-order valence-electron chi connectivity index (χ0n) is 24.4. The van der Waals surface area contributed by atoms with E-state index in [1.54, 1.807) is 18.3 Å². The molecule has 1 aliphatic heterocycles. The van der Waals surface area contributed by atoms with Crippen LogP contribution >= 0.6 is 0 Å². The van der Waals surface area contributed by atoms with E-state index in [0.717, 1.165) is 58.9 Å². The minimum Gasteiger partial charge on any atom is -0.383 e. The lowest BCUT2D eigenvalue weighted by atomic mass is 10.1. The van der Waals surface area contributed by atoms with Crippen molar-refractivity contribution in [2.75, 3.05) is 31.9 Å². The molecule has 1 fully saturated rings. The molecule has 45 heavy (non-hydrogen) atoms. The number of pyridine rings is 3. The van der Waals surface area contributed by atoms with Crippen molar-refractivity contribution in [2.24, 2.45) is 0 Å². The van der Waals surface area contributed by atoms with Crippen LogP contribution in [0.1, 0.15) is 21.6 Å². The van der Waals surface area contributed by atoms with Gasteiger partial charge in [0, 0.05) is 56.4 Å². The Morgan fingerprint density at radius 3 is 2.36 bits per heavy atom. The molecule has 1 saturated heterocycles. The Bertz CT molecular complexity index is 2020. The normalized spacial score (nSPS) is 13.5. The van der Waals surface area contributed by atoms with E-state index in [4.69, 9.17) is 21.0 Å². The van der Waals surface area contributed by atoms with Gasteiger partial charge in [-0.25, -0.2) is 19.9 Å². The highest BCUT2D eigenvalue weighted by molar-refractivity contribution is 5.92. The number of nitrogens with two attached hydrogens (primary N) is 1. The smallest absolute Gasteiger partial charge is 0.272 e. The molecule has 6 aromatic rings. The molecule has 5 heterocycles. The monoisotopic (exact) mass is 591 g/mol. The Morgan fingerprint density at radius 2 is 1.64 bits per heavy atom. The maximum atomic E-state index is 12.9. The molecule has 4 aromatic heterocycles. The summed E-state index contributed by atoms with van der Waals surface area (Å²) in [6.07, 6.45) is 3.11. The summed E-state index contributed by atoms with van der Waals surface area (Å²) >= 11 is 0. The van der Waals surface area contributed by atoms with E-state index >= 15 is 0 Å². The van der Waals surface area contributed by atoms with Crippen molar-refractivity contribution in [2.45, 2.75) is 6.54 Å². The van der Waals surface area contributed by atoms with E-state index in [2.05, 4.69) is 39.1 Å². The molecule has 1 aliphatic rings. The fourth-order valence-electron chi connectivity index (χ4n) is 5.63. The van der Waals surface area contributed by atoms with Crippen molar-refractivity contribution in [3.8, 4) is 34.4 Å². The molecule has 0 bridgehead atoms. The van der Waals surface area contributed by atoms with Gasteiger partial charge in [0.15, 0.2) is 11.5 Å². The third-order valence-corrected chi connectivity index (χ3v) is 8.03. The summed E-state index contributed by atoms with van der Waals surface area (Å²) in [5.41, 5.74) is 13.3. The largest absolute Gasteiger partial charge is 0.383 e. The van der Waals surface area contributed by atoms with Gasteiger partial charge in [-0.15, -0.1) is 0 Å². The molecular formula is C35H29N9O. The van der Waals surface area contributed by atoms with Crippen LogP contribution < -0.4 is 5.73 Å². The fraction of sp³-hybridized carbons (Fsp3) is 0.143. The number of nitrogen functional groups attached to an aromatic ring is 1. The summed E-state index contributed by atoms with van der Waals surface area (Å²) in [5, 5.41) is 8.99. The van der Waals surface area contributed by atoms with Gasteiger partial charge >= 0.3 is 0 Å². The van der Waals surface area contributed by atoms with Gasteiger partial charge in [0.1, 0.15) is 23.1 Å². The first-order chi connectivity index (χ1) is 22.1. The lowest BCUT2D eigenvalue weighted by Gasteiger charge is -2.34. The van der Waals surface area contributed by atoms with Crippen LogP contribution in [0.15, 0.2) is 103 Å². The number of piperazine rings is 1. The standard InChI is InChI=1S/C35H29N9O/c36-21-25-10-13-31(39-22-25)35(45)43-19-17-42(18-20-43)23-24-8-11-27(12-9-24)44-33(28-7-4-16-38-32(28)37)41-30-15-14-29(40-34(30)44)26-5-2-1-3-6-26/h1-16,22H,17-20,23H2,(H2,37,38). The molecule has 7 rings (SSSR count). The van der Waals surface area contributed by atoms with Gasteiger partial charge in [0.2, 0.25) is 0 Å². The Labute approximate surface area is 260 Å². The van der Waals surface area contributed by atoms with Gasteiger partial charge in [0.25, 0.3) is 5.91 Å². The maximum absolute atomic E-state index is 12.9. The van der Waals surface area contributed by atoms with E-state index in [-0.39, 0.29) is 5.91 Å². The summed E-state index contributed by atoms with van der Waals surface area (Å²) in [6.45, 7) is 3.51. The predicted molar refractivity (Wildman–Crippen MR) is 172 cm³/mol. The summed E-state index contributed by atoms with van der Waals surface area (Å²) < 4.78 is 2.04. The molecule has 0 unspecified atom stereocenters. The molecule has 0 spiro atoms. The number of fused-ring (bicyclic) bond motifs is 1. The second-order valence-corrected chi connectivity index (χ2v) is 10.9. The van der Waals surface area contributed by atoms with Crippen LogP contribution in [-0.4, -0.2) is 66.4 Å². The predicted octanol–water partition coefficient (Wildman–Crippen LogP) is 4.96. The van der Waals surface area contributed by atoms with Crippen LogP contribution in [0.4, 0.5) is 5.82 Å². The van der Waals surface area contributed by atoms with Gasteiger partial charge in [-0.05, 0) is 54.1 Å². The second-order valence-electron chi connectivity index (χ2n) is 10.9. The Morgan fingerprint density at radius 1 is 0.844 bits per heavy atom. The van der Waals surface area contributed by atoms with Crippen LogP contribution in [0.5, 0.6) is 0 Å². The van der Waals surface area contributed by atoms with E-state index in [0.29, 0.717) is 36.0 Å². The number of benzene rings is 2. The van der Waals surface area contributed by atoms with Gasteiger partial charge in [-0.3, -0.25) is 14.3 Å². The number of nitriles is 1. The van der Waals surface area contributed by atoms with Crippen molar-refractivity contribution in [3.63, 3.8) is 0 Å². The number of aromatic nitrogens is 5. The molecule has 0 aliphatic carbocycles. The van der Waals surface area contributed by atoms with E-state index in [1.807, 2.05) is 70.1 Å². The minimum atomic E-state index is -0.106. The van der Waals surface area contributed by atoms with Crippen LogP contribution in [-0.2, 0) is 6.54 Å². The zero-order valence-corrected chi connectivity index (χ0v) is 24.4. The van der Waals surface area contributed by atoms with E-state index < -0.39 is 0 Å². The number of hydrogen-bond acceptors (Lipinski definition) is 8. The molecule has 0 radical (unpaired) electrons. The van der Waals surface area contributed by atoms with Gasteiger partial charge in [0.05, 0.1) is 16.8 Å². The lowest BCUT2D eigenvalue weighted by molar-refractivity contribution is 0.0622. The Kier molecular flexibility index (Phi) is 7.43. The summed E-state index contributed by atoms with van der Waals surface area (Å²) in [7, 11) is 0. The van der Waals surface area contributed by atoms with Crippen molar-refractivity contribution in [1.29, 1.82) is 5.26 Å². The zero-order chi connectivity index (χ0) is 30.8. The molecule has 0 atom stereocenters. The highest BCUT2D eigenvalue weighted by Gasteiger charge is 2.23. The van der Waals surface area contributed by atoms with Crippen LogP contribution in [0.25, 0.3) is 39.5 Å². The number of hydrogen-bond donors (Lipinski definition) is 1. The first kappa shape index (κ1) is 27.9. The molecule has 10 nitrogen and oxygen atoms in total. The Balaban J connectivity index is 1.13. The minimum absolute atomic E-state index is 0.106.